The van der Waals surface area contributed by atoms with Gasteiger partial charge in [-0.1, -0.05) is 38.4 Å². The van der Waals surface area contributed by atoms with Gasteiger partial charge in [0.1, 0.15) is 0 Å². The van der Waals surface area contributed by atoms with E-state index in [2.05, 4.69) is 37.9 Å². The Morgan fingerprint density at radius 1 is 1.13 bits per heavy atom. The normalized spacial score (nSPS) is 12.0. The van der Waals surface area contributed by atoms with E-state index in [1.165, 1.54) is 5.56 Å². The van der Waals surface area contributed by atoms with Crippen molar-refractivity contribution in [3.63, 3.8) is 0 Å². The second-order valence-corrected chi connectivity index (χ2v) is 5.18. The first-order valence-corrected chi connectivity index (χ1v) is 5.41. The molecule has 0 aliphatic heterocycles. The first-order chi connectivity index (χ1) is 6.98. The van der Waals surface area contributed by atoms with Gasteiger partial charge in [0.2, 0.25) is 0 Å². The zero-order chi connectivity index (χ0) is 11.1. The van der Waals surface area contributed by atoms with E-state index < -0.39 is 0 Å². The van der Waals surface area contributed by atoms with Gasteiger partial charge in [0.25, 0.3) is 0 Å². The minimum atomic E-state index is 0.146. The Kier molecular flexibility index (Phi) is 2.43. The van der Waals surface area contributed by atoms with Crippen LogP contribution < -0.4 is 0 Å². The number of fused-ring (bicyclic) bond motifs is 1. The standard InChI is InChI=1S/C13H14ClN/c1-13(2,3)9-4-5-12-10(8-9)11(14)6-7-15-12/h4-8H,1-3H3. The third kappa shape index (κ3) is 1.98. The van der Waals surface area contributed by atoms with Crippen LogP contribution in [0, 0.1) is 0 Å². The molecule has 0 aliphatic rings. The van der Waals surface area contributed by atoms with Crippen molar-refractivity contribution in [1.82, 2.24) is 4.98 Å². The summed E-state index contributed by atoms with van der Waals surface area (Å²) in [6.07, 6.45) is 1.74. The van der Waals surface area contributed by atoms with Crippen LogP contribution in [0.4, 0.5) is 0 Å². The lowest BCUT2D eigenvalue weighted by atomic mass is 9.86. The summed E-state index contributed by atoms with van der Waals surface area (Å²) in [5, 5.41) is 1.80. The number of hydrogen-bond donors (Lipinski definition) is 0. The van der Waals surface area contributed by atoms with Crippen LogP contribution in [0.5, 0.6) is 0 Å². The highest BCUT2D eigenvalue weighted by Gasteiger charge is 2.14. The van der Waals surface area contributed by atoms with Crippen molar-refractivity contribution in [1.29, 1.82) is 0 Å². The van der Waals surface area contributed by atoms with Gasteiger partial charge in [-0.15, -0.1) is 0 Å². The van der Waals surface area contributed by atoms with Gasteiger partial charge in [-0.3, -0.25) is 4.98 Å². The summed E-state index contributed by atoms with van der Waals surface area (Å²) in [5.41, 5.74) is 2.38. The van der Waals surface area contributed by atoms with Gasteiger partial charge in [-0.2, -0.15) is 0 Å². The Labute approximate surface area is 95.1 Å². The zero-order valence-corrected chi connectivity index (χ0v) is 9.97. The highest BCUT2D eigenvalue weighted by Crippen LogP contribution is 2.28. The van der Waals surface area contributed by atoms with Gasteiger partial charge in [0.05, 0.1) is 10.5 Å². The molecule has 0 radical (unpaired) electrons. The fourth-order valence-electron chi connectivity index (χ4n) is 1.58. The van der Waals surface area contributed by atoms with Crippen molar-refractivity contribution in [3.8, 4) is 0 Å². The zero-order valence-electron chi connectivity index (χ0n) is 9.21. The molecule has 0 N–H and O–H groups in total. The van der Waals surface area contributed by atoms with Gasteiger partial charge in [-0.25, -0.2) is 0 Å². The maximum atomic E-state index is 6.14. The van der Waals surface area contributed by atoms with Crippen molar-refractivity contribution >= 4 is 22.5 Å². The van der Waals surface area contributed by atoms with Crippen LogP contribution in [0.2, 0.25) is 5.02 Å². The third-order valence-electron chi connectivity index (χ3n) is 2.55. The van der Waals surface area contributed by atoms with Crippen molar-refractivity contribution in [2.24, 2.45) is 0 Å². The molecule has 0 saturated carbocycles. The molecular weight excluding hydrogens is 206 g/mol. The van der Waals surface area contributed by atoms with Crippen molar-refractivity contribution in [2.75, 3.05) is 0 Å². The summed E-state index contributed by atoms with van der Waals surface area (Å²) in [6.45, 7) is 6.58. The number of benzene rings is 1. The molecule has 78 valence electrons. The summed E-state index contributed by atoms with van der Waals surface area (Å²) in [5.74, 6) is 0. The van der Waals surface area contributed by atoms with Crippen LogP contribution in [-0.2, 0) is 5.41 Å². The summed E-state index contributed by atoms with van der Waals surface area (Å²) in [6, 6.07) is 8.11. The number of pyridine rings is 1. The van der Waals surface area contributed by atoms with Crippen LogP contribution in [-0.4, -0.2) is 4.98 Å². The Bertz CT molecular complexity index is 497. The molecule has 2 aromatic rings. The lowest BCUT2D eigenvalue weighted by molar-refractivity contribution is 0.591. The minimum Gasteiger partial charge on any atom is -0.256 e. The SMILES string of the molecule is CC(C)(C)c1ccc2nccc(Cl)c2c1. The van der Waals surface area contributed by atoms with E-state index >= 15 is 0 Å². The highest BCUT2D eigenvalue weighted by molar-refractivity contribution is 6.35. The van der Waals surface area contributed by atoms with E-state index in [9.17, 15) is 0 Å². The molecule has 1 heterocycles. The summed E-state index contributed by atoms with van der Waals surface area (Å²) in [4.78, 5) is 4.28. The minimum absolute atomic E-state index is 0.146. The van der Waals surface area contributed by atoms with E-state index in [0.717, 1.165) is 15.9 Å². The molecule has 2 heteroatoms. The molecule has 0 saturated heterocycles. The number of halogens is 1. The smallest absolute Gasteiger partial charge is 0.0717 e. The molecule has 0 fully saturated rings. The number of aromatic nitrogens is 1. The molecule has 0 bridgehead atoms. The molecule has 1 nitrogen and oxygen atoms in total. The monoisotopic (exact) mass is 219 g/mol. The Hall–Kier alpha value is -1.08. The molecule has 1 aromatic heterocycles. The average molecular weight is 220 g/mol. The topological polar surface area (TPSA) is 12.9 Å². The van der Waals surface area contributed by atoms with E-state index in [1.54, 1.807) is 6.20 Å². The van der Waals surface area contributed by atoms with Crippen LogP contribution in [0.1, 0.15) is 26.3 Å². The first kappa shape index (κ1) is 10.4. The number of rotatable bonds is 0. The molecule has 2 rings (SSSR count). The summed E-state index contributed by atoms with van der Waals surface area (Å²) >= 11 is 6.14. The molecule has 0 amide bonds. The van der Waals surface area contributed by atoms with E-state index in [0.29, 0.717) is 0 Å². The lowest BCUT2D eigenvalue weighted by Gasteiger charge is -2.19. The van der Waals surface area contributed by atoms with Crippen molar-refractivity contribution in [3.05, 3.63) is 41.0 Å². The van der Waals surface area contributed by atoms with Gasteiger partial charge < -0.3 is 0 Å². The summed E-state index contributed by atoms with van der Waals surface area (Å²) < 4.78 is 0. The van der Waals surface area contributed by atoms with Gasteiger partial charge in [-0.05, 0) is 29.2 Å². The first-order valence-electron chi connectivity index (χ1n) is 5.03. The second kappa shape index (κ2) is 3.49. The Morgan fingerprint density at radius 2 is 1.87 bits per heavy atom. The fourth-order valence-corrected chi connectivity index (χ4v) is 1.79. The second-order valence-electron chi connectivity index (χ2n) is 4.77. The Morgan fingerprint density at radius 3 is 2.53 bits per heavy atom. The quantitative estimate of drug-likeness (QED) is 0.648. The predicted octanol–water partition coefficient (Wildman–Crippen LogP) is 4.19. The van der Waals surface area contributed by atoms with Gasteiger partial charge in [0.15, 0.2) is 0 Å². The van der Waals surface area contributed by atoms with Crippen molar-refractivity contribution in [2.45, 2.75) is 26.2 Å². The molecule has 15 heavy (non-hydrogen) atoms. The number of hydrogen-bond acceptors (Lipinski definition) is 1. The maximum absolute atomic E-state index is 6.14. The van der Waals surface area contributed by atoms with Crippen LogP contribution in [0.25, 0.3) is 10.9 Å². The molecular formula is C13H14ClN. The van der Waals surface area contributed by atoms with Crippen LogP contribution >= 0.6 is 11.6 Å². The van der Waals surface area contributed by atoms with Crippen LogP contribution in [0.3, 0.4) is 0 Å². The molecule has 0 aliphatic carbocycles. The molecule has 0 atom stereocenters. The third-order valence-corrected chi connectivity index (χ3v) is 2.88. The van der Waals surface area contributed by atoms with Crippen LogP contribution in [0.15, 0.2) is 30.5 Å². The summed E-state index contributed by atoms with van der Waals surface area (Å²) in [7, 11) is 0. The molecule has 0 spiro atoms. The lowest BCUT2D eigenvalue weighted by Crippen LogP contribution is -2.10. The highest BCUT2D eigenvalue weighted by atomic mass is 35.5. The number of nitrogens with zero attached hydrogens (tertiary/aromatic N) is 1. The fraction of sp³-hybridized carbons (Fsp3) is 0.308. The predicted molar refractivity (Wildman–Crippen MR) is 65.5 cm³/mol. The largest absolute Gasteiger partial charge is 0.256 e. The van der Waals surface area contributed by atoms with Crippen molar-refractivity contribution < 1.29 is 0 Å². The maximum Gasteiger partial charge on any atom is 0.0717 e. The van der Waals surface area contributed by atoms with Gasteiger partial charge in [0, 0.05) is 11.6 Å². The Balaban J connectivity index is 2.70. The van der Waals surface area contributed by atoms with E-state index in [1.807, 2.05) is 12.1 Å². The molecule has 1 aromatic carbocycles. The van der Waals surface area contributed by atoms with Gasteiger partial charge >= 0.3 is 0 Å². The van der Waals surface area contributed by atoms with E-state index in [4.69, 9.17) is 11.6 Å². The van der Waals surface area contributed by atoms with E-state index in [-0.39, 0.29) is 5.41 Å². The average Bonchev–Trinajstić information content (AvgIpc) is 2.16. The molecule has 0 unspecified atom stereocenters.